The van der Waals surface area contributed by atoms with E-state index >= 15 is 0 Å². The van der Waals surface area contributed by atoms with Crippen molar-refractivity contribution in [3.63, 3.8) is 0 Å². The molecule has 1 N–H and O–H groups in total. The first-order valence-electron chi connectivity index (χ1n) is 10.1. The van der Waals surface area contributed by atoms with Crippen LogP contribution in [0.25, 0.3) is 10.9 Å². The van der Waals surface area contributed by atoms with Crippen molar-refractivity contribution in [3.8, 4) is 5.75 Å². The van der Waals surface area contributed by atoms with Crippen LogP contribution in [0.4, 0.5) is 0 Å². The van der Waals surface area contributed by atoms with E-state index in [0.29, 0.717) is 24.5 Å². The SMILES string of the molecule is COC(=O)CCSC(SCCC(=O)O)c1cccc(OCc2ccc3ccccc3n2)c1. The molecule has 0 radical (unpaired) electrons. The van der Waals surface area contributed by atoms with Crippen molar-refractivity contribution in [1.29, 1.82) is 0 Å². The first-order valence-corrected chi connectivity index (χ1v) is 12.2. The fourth-order valence-electron chi connectivity index (χ4n) is 2.94. The van der Waals surface area contributed by atoms with Crippen molar-refractivity contribution in [2.24, 2.45) is 0 Å². The number of hydrogen-bond acceptors (Lipinski definition) is 7. The maximum atomic E-state index is 11.4. The Morgan fingerprint density at radius 1 is 1.00 bits per heavy atom. The van der Waals surface area contributed by atoms with E-state index in [-0.39, 0.29) is 17.0 Å². The standard InChI is InChI=1S/C24H25NO5S2/c1-29-23(28)12-14-32-24(31-13-11-22(26)27)18-6-4-7-20(15-18)30-16-19-10-9-17-5-2-3-8-21(17)25-19/h2-10,15,24H,11-14,16H2,1H3,(H,26,27). The van der Waals surface area contributed by atoms with Crippen LogP contribution in [0, 0.1) is 0 Å². The number of rotatable bonds is 12. The summed E-state index contributed by atoms with van der Waals surface area (Å²) in [7, 11) is 1.37. The molecule has 0 spiro atoms. The number of thioether (sulfide) groups is 2. The van der Waals surface area contributed by atoms with Crippen LogP contribution in [-0.2, 0) is 20.9 Å². The van der Waals surface area contributed by atoms with Crippen molar-refractivity contribution >= 4 is 46.4 Å². The number of nitrogens with zero attached hydrogens (tertiary/aromatic N) is 1. The Morgan fingerprint density at radius 2 is 1.78 bits per heavy atom. The molecular formula is C24H25NO5S2. The molecule has 0 amide bonds. The van der Waals surface area contributed by atoms with Crippen molar-refractivity contribution in [2.75, 3.05) is 18.6 Å². The number of ether oxygens (including phenoxy) is 2. The topological polar surface area (TPSA) is 85.7 Å². The van der Waals surface area contributed by atoms with E-state index in [4.69, 9.17) is 14.6 Å². The summed E-state index contributed by atoms with van der Waals surface area (Å²) >= 11 is 3.14. The minimum atomic E-state index is -0.823. The molecule has 0 aliphatic heterocycles. The largest absolute Gasteiger partial charge is 0.487 e. The molecule has 32 heavy (non-hydrogen) atoms. The third-order valence-corrected chi connectivity index (χ3v) is 7.41. The Bertz CT molecular complexity index is 1060. The molecule has 1 atom stereocenters. The van der Waals surface area contributed by atoms with E-state index in [0.717, 1.165) is 27.9 Å². The lowest BCUT2D eigenvalue weighted by molar-refractivity contribution is -0.140. The highest BCUT2D eigenvalue weighted by Crippen LogP contribution is 2.41. The van der Waals surface area contributed by atoms with Crippen molar-refractivity contribution in [1.82, 2.24) is 4.98 Å². The summed E-state index contributed by atoms with van der Waals surface area (Å²) in [5.41, 5.74) is 2.78. The molecule has 168 valence electrons. The number of hydrogen-bond donors (Lipinski definition) is 1. The molecule has 6 nitrogen and oxygen atoms in total. The number of aliphatic carboxylic acids is 1. The minimum Gasteiger partial charge on any atom is -0.487 e. The summed E-state index contributed by atoms with van der Waals surface area (Å²) in [4.78, 5) is 27.0. The van der Waals surface area contributed by atoms with E-state index in [9.17, 15) is 9.59 Å². The third-order valence-electron chi connectivity index (χ3n) is 4.56. The fraction of sp³-hybridized carbons (Fsp3) is 0.292. The molecule has 2 aromatic carbocycles. The number of para-hydroxylation sites is 1. The monoisotopic (exact) mass is 471 g/mol. The van der Waals surface area contributed by atoms with Crippen LogP contribution < -0.4 is 4.74 Å². The van der Waals surface area contributed by atoms with Crippen LogP contribution in [0.15, 0.2) is 60.7 Å². The lowest BCUT2D eigenvalue weighted by atomic mass is 10.2. The van der Waals surface area contributed by atoms with E-state index in [1.165, 1.54) is 7.11 Å². The van der Waals surface area contributed by atoms with Crippen molar-refractivity contribution < 1.29 is 24.2 Å². The molecule has 1 unspecified atom stereocenters. The fourth-order valence-corrected chi connectivity index (χ4v) is 5.59. The Labute approximate surface area is 195 Å². The highest BCUT2D eigenvalue weighted by atomic mass is 32.2. The zero-order chi connectivity index (χ0) is 22.8. The zero-order valence-electron chi connectivity index (χ0n) is 17.7. The van der Waals surface area contributed by atoms with E-state index < -0.39 is 5.97 Å². The quantitative estimate of drug-likeness (QED) is 0.281. The number of carbonyl (C=O) groups excluding carboxylic acids is 1. The number of benzene rings is 2. The van der Waals surface area contributed by atoms with Gasteiger partial charge in [-0.25, -0.2) is 4.98 Å². The van der Waals surface area contributed by atoms with Crippen LogP contribution in [0.2, 0.25) is 0 Å². The first-order chi connectivity index (χ1) is 15.5. The molecule has 3 rings (SSSR count). The summed E-state index contributed by atoms with van der Waals surface area (Å²) < 4.78 is 10.7. The van der Waals surface area contributed by atoms with Gasteiger partial charge >= 0.3 is 11.9 Å². The summed E-state index contributed by atoms with van der Waals surface area (Å²) in [6.07, 6.45) is 0.392. The zero-order valence-corrected chi connectivity index (χ0v) is 19.4. The molecule has 1 heterocycles. The van der Waals surface area contributed by atoms with Crippen molar-refractivity contribution in [2.45, 2.75) is 24.0 Å². The van der Waals surface area contributed by atoms with Crippen LogP contribution in [-0.4, -0.2) is 40.6 Å². The lowest BCUT2D eigenvalue weighted by Crippen LogP contribution is -2.03. The molecule has 8 heteroatoms. The van der Waals surface area contributed by atoms with Gasteiger partial charge in [0.1, 0.15) is 12.4 Å². The molecule has 3 aromatic rings. The second kappa shape index (κ2) is 12.4. The summed E-state index contributed by atoms with van der Waals surface area (Å²) in [6, 6.07) is 19.7. The van der Waals surface area contributed by atoms with Gasteiger partial charge < -0.3 is 14.6 Å². The Hall–Kier alpha value is -2.71. The van der Waals surface area contributed by atoms with E-state index in [1.54, 1.807) is 23.5 Å². The number of fused-ring (bicyclic) bond motifs is 1. The van der Waals surface area contributed by atoms with Gasteiger partial charge in [0.15, 0.2) is 0 Å². The number of carbonyl (C=O) groups is 2. The van der Waals surface area contributed by atoms with Gasteiger partial charge in [-0.2, -0.15) is 0 Å². The molecule has 0 aliphatic carbocycles. The van der Waals surface area contributed by atoms with Crippen LogP contribution in [0.3, 0.4) is 0 Å². The van der Waals surface area contributed by atoms with E-state index in [2.05, 4.69) is 4.98 Å². The predicted molar refractivity (Wildman–Crippen MR) is 129 cm³/mol. The molecule has 0 fully saturated rings. The third kappa shape index (κ3) is 7.46. The average Bonchev–Trinajstić information content (AvgIpc) is 2.81. The maximum Gasteiger partial charge on any atom is 0.306 e. The van der Waals surface area contributed by atoms with Gasteiger partial charge in [-0.3, -0.25) is 9.59 Å². The second-order valence-corrected chi connectivity index (χ2v) is 9.62. The molecule has 0 aliphatic rings. The van der Waals surface area contributed by atoms with Gasteiger partial charge in [0, 0.05) is 16.9 Å². The van der Waals surface area contributed by atoms with Gasteiger partial charge in [0.25, 0.3) is 0 Å². The number of carboxylic acid groups (broad SMARTS) is 1. The van der Waals surface area contributed by atoms with E-state index in [1.807, 2.05) is 60.7 Å². The first kappa shape index (κ1) is 23.9. The van der Waals surface area contributed by atoms with Crippen LogP contribution in [0.5, 0.6) is 5.75 Å². The smallest absolute Gasteiger partial charge is 0.306 e. The highest BCUT2D eigenvalue weighted by molar-refractivity contribution is 8.16. The molecule has 0 saturated carbocycles. The van der Waals surface area contributed by atoms with Gasteiger partial charge in [-0.15, -0.1) is 23.5 Å². The summed E-state index contributed by atoms with van der Waals surface area (Å²) in [5, 5.41) is 10.0. The second-order valence-electron chi connectivity index (χ2n) is 6.90. The Kier molecular flexibility index (Phi) is 9.25. The summed E-state index contributed by atoms with van der Waals surface area (Å²) in [6.45, 7) is 0.348. The lowest BCUT2D eigenvalue weighted by Gasteiger charge is -2.17. The van der Waals surface area contributed by atoms with Gasteiger partial charge in [-0.05, 0) is 29.8 Å². The maximum absolute atomic E-state index is 11.4. The van der Waals surface area contributed by atoms with Gasteiger partial charge in [0.2, 0.25) is 0 Å². The minimum absolute atomic E-state index is 0.0126. The highest BCUT2D eigenvalue weighted by Gasteiger charge is 2.15. The van der Waals surface area contributed by atoms with Gasteiger partial charge in [-0.1, -0.05) is 36.4 Å². The van der Waals surface area contributed by atoms with Crippen molar-refractivity contribution in [3.05, 3.63) is 71.9 Å². The Morgan fingerprint density at radius 3 is 2.56 bits per heavy atom. The van der Waals surface area contributed by atoms with Gasteiger partial charge in [0.05, 0.1) is 35.7 Å². The normalized spacial score (nSPS) is 11.8. The molecular weight excluding hydrogens is 446 g/mol. The molecule has 0 bridgehead atoms. The predicted octanol–water partition coefficient (Wildman–Crippen LogP) is 5.32. The molecule has 0 saturated heterocycles. The number of carboxylic acids is 1. The molecule has 1 aromatic heterocycles. The average molecular weight is 472 g/mol. The van der Waals surface area contributed by atoms with Crippen LogP contribution >= 0.6 is 23.5 Å². The van der Waals surface area contributed by atoms with Crippen LogP contribution in [0.1, 0.15) is 28.7 Å². The number of esters is 1. The summed E-state index contributed by atoms with van der Waals surface area (Å²) in [5.74, 6) is 0.707. The number of aromatic nitrogens is 1. The number of pyridine rings is 1. The Balaban J connectivity index is 1.65. The number of methoxy groups -OCH3 is 1.